The Kier molecular flexibility index (Phi) is 5.26. The van der Waals surface area contributed by atoms with E-state index in [1.54, 1.807) is 5.56 Å². The van der Waals surface area contributed by atoms with Crippen molar-refractivity contribution in [3.8, 4) is 0 Å². The maximum Gasteiger partial charge on any atom is 0.0133 e. The first-order valence-corrected chi connectivity index (χ1v) is 8.25. The normalized spacial score (nSPS) is 24.6. The summed E-state index contributed by atoms with van der Waals surface area (Å²) in [6, 6.07) is 5.30. The molecule has 0 aromatic heterocycles. The van der Waals surface area contributed by atoms with Crippen molar-refractivity contribution in [3.63, 3.8) is 0 Å². The topological polar surface area (TPSA) is 12.0 Å². The van der Waals surface area contributed by atoms with Crippen LogP contribution in [0.4, 0.5) is 0 Å². The Balaban J connectivity index is 2.14. The summed E-state index contributed by atoms with van der Waals surface area (Å²) in [7, 11) is 2.14. The van der Waals surface area contributed by atoms with Gasteiger partial charge in [0.2, 0.25) is 0 Å². The molecule has 1 aliphatic carbocycles. The summed E-state index contributed by atoms with van der Waals surface area (Å²) < 4.78 is 0. The molecule has 0 saturated heterocycles. The molecule has 1 aromatic rings. The van der Waals surface area contributed by atoms with Gasteiger partial charge in [-0.05, 0) is 75.6 Å². The fraction of sp³-hybridized carbons (Fsp3) is 0.684. The molecule has 1 saturated carbocycles. The second kappa shape index (κ2) is 6.76. The van der Waals surface area contributed by atoms with Crippen LogP contribution in [0.15, 0.2) is 12.1 Å². The zero-order valence-corrected chi connectivity index (χ0v) is 13.9. The standard InChI is InChI=1S/C19H31N/c1-13-7-6-8-17(11-13)19(20-5)12-18-15(3)9-14(2)10-16(18)4/h9-10,13,17,19-20H,6-8,11-12H2,1-5H3. The molecule has 112 valence electrons. The summed E-state index contributed by atoms with van der Waals surface area (Å²) in [4.78, 5) is 0. The van der Waals surface area contributed by atoms with E-state index in [2.05, 4.69) is 52.2 Å². The van der Waals surface area contributed by atoms with Crippen LogP contribution in [-0.2, 0) is 6.42 Å². The van der Waals surface area contributed by atoms with E-state index in [4.69, 9.17) is 0 Å². The predicted molar refractivity (Wildman–Crippen MR) is 88.3 cm³/mol. The van der Waals surface area contributed by atoms with E-state index < -0.39 is 0 Å². The molecule has 3 unspecified atom stereocenters. The van der Waals surface area contributed by atoms with Gasteiger partial charge in [0.1, 0.15) is 0 Å². The van der Waals surface area contributed by atoms with Gasteiger partial charge in [-0.25, -0.2) is 0 Å². The van der Waals surface area contributed by atoms with Gasteiger partial charge in [0, 0.05) is 6.04 Å². The summed E-state index contributed by atoms with van der Waals surface area (Å²) in [5.41, 5.74) is 5.88. The number of rotatable bonds is 4. The van der Waals surface area contributed by atoms with E-state index in [1.165, 1.54) is 48.8 Å². The molecular weight excluding hydrogens is 242 g/mol. The molecule has 1 aromatic carbocycles. The smallest absolute Gasteiger partial charge is 0.0133 e. The van der Waals surface area contributed by atoms with E-state index in [-0.39, 0.29) is 0 Å². The Morgan fingerprint density at radius 2 is 1.80 bits per heavy atom. The zero-order chi connectivity index (χ0) is 14.7. The maximum atomic E-state index is 3.61. The van der Waals surface area contributed by atoms with Crippen LogP contribution in [0.5, 0.6) is 0 Å². The Morgan fingerprint density at radius 3 is 2.35 bits per heavy atom. The first-order chi connectivity index (χ1) is 9.51. The van der Waals surface area contributed by atoms with Crippen LogP contribution in [0.25, 0.3) is 0 Å². The van der Waals surface area contributed by atoms with Crippen LogP contribution in [0.1, 0.15) is 54.9 Å². The lowest BCUT2D eigenvalue weighted by Crippen LogP contribution is -2.38. The summed E-state index contributed by atoms with van der Waals surface area (Å²) in [5, 5.41) is 3.61. The highest BCUT2D eigenvalue weighted by Crippen LogP contribution is 2.32. The predicted octanol–water partition coefficient (Wildman–Crippen LogP) is 4.57. The summed E-state index contributed by atoms with van der Waals surface area (Å²) in [6.45, 7) is 9.15. The van der Waals surface area contributed by atoms with Crippen molar-refractivity contribution in [3.05, 3.63) is 34.4 Å². The SMILES string of the molecule is CNC(Cc1c(C)cc(C)cc1C)C1CCCC(C)C1. The Morgan fingerprint density at radius 1 is 1.15 bits per heavy atom. The zero-order valence-electron chi connectivity index (χ0n) is 13.9. The molecule has 1 N–H and O–H groups in total. The van der Waals surface area contributed by atoms with E-state index >= 15 is 0 Å². The largest absolute Gasteiger partial charge is 0.316 e. The van der Waals surface area contributed by atoms with Crippen LogP contribution in [0.3, 0.4) is 0 Å². The van der Waals surface area contributed by atoms with Crippen molar-refractivity contribution < 1.29 is 0 Å². The average Bonchev–Trinajstić information content (AvgIpc) is 2.38. The quantitative estimate of drug-likeness (QED) is 0.847. The molecule has 1 nitrogen and oxygen atoms in total. The third-order valence-electron chi connectivity index (χ3n) is 5.18. The molecule has 1 heteroatoms. The van der Waals surface area contributed by atoms with Gasteiger partial charge >= 0.3 is 0 Å². The Hall–Kier alpha value is -0.820. The van der Waals surface area contributed by atoms with E-state index in [0.717, 1.165) is 11.8 Å². The van der Waals surface area contributed by atoms with E-state index in [9.17, 15) is 0 Å². The number of nitrogens with one attached hydrogen (secondary N) is 1. The molecule has 1 fully saturated rings. The number of aryl methyl sites for hydroxylation is 3. The highest BCUT2D eigenvalue weighted by atomic mass is 14.9. The molecule has 0 aliphatic heterocycles. The number of hydrogen-bond donors (Lipinski definition) is 1. The van der Waals surface area contributed by atoms with Crippen molar-refractivity contribution in [2.24, 2.45) is 11.8 Å². The number of likely N-dealkylation sites (N-methyl/N-ethyl adjacent to an activating group) is 1. The lowest BCUT2D eigenvalue weighted by atomic mass is 9.76. The number of benzene rings is 1. The monoisotopic (exact) mass is 273 g/mol. The molecular formula is C19H31N. The first kappa shape index (κ1) is 15.6. The summed E-state index contributed by atoms with van der Waals surface area (Å²) in [6.07, 6.45) is 6.83. The molecule has 2 rings (SSSR count). The minimum Gasteiger partial charge on any atom is -0.316 e. The van der Waals surface area contributed by atoms with Crippen molar-refractivity contribution in [2.75, 3.05) is 7.05 Å². The molecule has 0 spiro atoms. The lowest BCUT2D eigenvalue weighted by Gasteiger charge is -2.34. The third kappa shape index (κ3) is 3.63. The molecule has 3 atom stereocenters. The third-order valence-corrected chi connectivity index (χ3v) is 5.18. The van der Waals surface area contributed by atoms with Gasteiger partial charge in [-0.1, -0.05) is 37.5 Å². The van der Waals surface area contributed by atoms with Crippen LogP contribution in [0, 0.1) is 32.6 Å². The van der Waals surface area contributed by atoms with Gasteiger partial charge in [0.05, 0.1) is 0 Å². The maximum absolute atomic E-state index is 3.61. The Bertz CT molecular complexity index is 426. The van der Waals surface area contributed by atoms with Crippen LogP contribution in [0.2, 0.25) is 0 Å². The highest BCUT2D eigenvalue weighted by molar-refractivity contribution is 5.38. The second-order valence-electron chi connectivity index (χ2n) is 7.01. The van der Waals surface area contributed by atoms with E-state index in [0.29, 0.717) is 6.04 Å². The highest BCUT2D eigenvalue weighted by Gasteiger charge is 2.26. The summed E-state index contributed by atoms with van der Waals surface area (Å²) in [5.74, 6) is 1.76. The first-order valence-electron chi connectivity index (χ1n) is 8.25. The van der Waals surface area contributed by atoms with Crippen molar-refractivity contribution in [1.29, 1.82) is 0 Å². The molecule has 0 radical (unpaired) electrons. The van der Waals surface area contributed by atoms with Gasteiger partial charge in [0.25, 0.3) is 0 Å². The average molecular weight is 273 g/mol. The molecule has 1 aliphatic rings. The van der Waals surface area contributed by atoms with Gasteiger partial charge in [-0.15, -0.1) is 0 Å². The fourth-order valence-corrected chi connectivity index (χ4v) is 4.10. The van der Waals surface area contributed by atoms with Crippen LogP contribution >= 0.6 is 0 Å². The summed E-state index contributed by atoms with van der Waals surface area (Å²) >= 11 is 0. The minimum absolute atomic E-state index is 0.637. The minimum atomic E-state index is 0.637. The molecule has 0 amide bonds. The van der Waals surface area contributed by atoms with Gasteiger partial charge < -0.3 is 5.32 Å². The molecule has 20 heavy (non-hydrogen) atoms. The van der Waals surface area contributed by atoms with Crippen LogP contribution in [-0.4, -0.2) is 13.1 Å². The lowest BCUT2D eigenvalue weighted by molar-refractivity contribution is 0.227. The van der Waals surface area contributed by atoms with Gasteiger partial charge in [-0.3, -0.25) is 0 Å². The van der Waals surface area contributed by atoms with Gasteiger partial charge in [-0.2, -0.15) is 0 Å². The van der Waals surface area contributed by atoms with Crippen molar-refractivity contribution >= 4 is 0 Å². The van der Waals surface area contributed by atoms with Crippen molar-refractivity contribution in [2.45, 2.75) is 65.8 Å². The van der Waals surface area contributed by atoms with Gasteiger partial charge in [0.15, 0.2) is 0 Å². The molecule has 0 bridgehead atoms. The molecule has 0 heterocycles. The Labute approximate surface area is 125 Å². The van der Waals surface area contributed by atoms with Crippen molar-refractivity contribution in [1.82, 2.24) is 5.32 Å². The van der Waals surface area contributed by atoms with Crippen LogP contribution < -0.4 is 5.32 Å². The fourth-order valence-electron chi connectivity index (χ4n) is 4.10. The van der Waals surface area contributed by atoms with E-state index in [1.807, 2.05) is 0 Å². The number of hydrogen-bond acceptors (Lipinski definition) is 1. The second-order valence-corrected chi connectivity index (χ2v) is 7.01.